The molecule has 4 heteroatoms. The van der Waals surface area contributed by atoms with E-state index in [-0.39, 0.29) is 17.3 Å². The van der Waals surface area contributed by atoms with Crippen LogP contribution in [-0.2, 0) is 10.0 Å². The molecular weight excluding hydrogens is 198 g/mol. The lowest BCUT2D eigenvalue weighted by molar-refractivity contribution is 0.318. The molecule has 0 radical (unpaired) electrons. The highest BCUT2D eigenvalue weighted by Crippen LogP contribution is 2.33. The Morgan fingerprint density at radius 1 is 1.29 bits per heavy atom. The van der Waals surface area contributed by atoms with Gasteiger partial charge in [0.1, 0.15) is 0 Å². The first-order chi connectivity index (χ1) is 6.41. The Morgan fingerprint density at radius 2 is 1.79 bits per heavy atom. The lowest BCUT2D eigenvalue weighted by atomic mass is 10.2. The molecule has 0 amide bonds. The average Bonchev–Trinajstić information content (AvgIpc) is 2.87. The Balaban J connectivity index is 2.87. The smallest absolute Gasteiger partial charge is 0.212 e. The average molecular weight is 219 g/mol. The zero-order valence-electron chi connectivity index (χ0n) is 9.53. The third-order valence-corrected chi connectivity index (χ3v) is 5.26. The van der Waals surface area contributed by atoms with Crippen LogP contribution in [0.5, 0.6) is 0 Å². The number of rotatable bonds is 5. The lowest BCUT2D eigenvalue weighted by Gasteiger charge is -2.29. The van der Waals surface area contributed by atoms with Crippen LogP contribution < -0.4 is 0 Å². The predicted octanol–water partition coefficient (Wildman–Crippen LogP) is 1.99. The molecule has 1 aliphatic rings. The molecule has 1 saturated carbocycles. The van der Waals surface area contributed by atoms with Crippen LogP contribution in [0.3, 0.4) is 0 Å². The zero-order valence-corrected chi connectivity index (χ0v) is 10.3. The summed E-state index contributed by atoms with van der Waals surface area (Å²) in [6.45, 7) is 7.55. The molecule has 1 aliphatic carbocycles. The van der Waals surface area contributed by atoms with Gasteiger partial charge in [0.15, 0.2) is 0 Å². The maximum absolute atomic E-state index is 12.0. The van der Waals surface area contributed by atoms with Crippen molar-refractivity contribution in [1.82, 2.24) is 4.31 Å². The number of nitrogens with zero attached hydrogens (tertiary/aromatic N) is 1. The van der Waals surface area contributed by atoms with Crippen molar-refractivity contribution in [3.05, 3.63) is 0 Å². The Labute approximate surface area is 87.5 Å². The maximum atomic E-state index is 12.0. The van der Waals surface area contributed by atoms with Gasteiger partial charge in [-0.1, -0.05) is 6.92 Å². The first kappa shape index (κ1) is 12.0. The molecule has 0 saturated heterocycles. The van der Waals surface area contributed by atoms with Crippen molar-refractivity contribution in [2.24, 2.45) is 0 Å². The summed E-state index contributed by atoms with van der Waals surface area (Å²) >= 11 is 0. The second kappa shape index (κ2) is 4.19. The van der Waals surface area contributed by atoms with E-state index in [0.29, 0.717) is 0 Å². The molecule has 0 heterocycles. The molecule has 1 rings (SSSR count). The van der Waals surface area contributed by atoms with E-state index in [1.807, 2.05) is 13.8 Å². The molecule has 1 atom stereocenters. The van der Waals surface area contributed by atoms with E-state index in [0.717, 1.165) is 19.3 Å². The molecule has 1 fully saturated rings. The van der Waals surface area contributed by atoms with Gasteiger partial charge in [-0.2, -0.15) is 4.31 Å². The Kier molecular flexibility index (Phi) is 3.58. The van der Waals surface area contributed by atoms with Gasteiger partial charge in [-0.05, 0) is 40.0 Å². The van der Waals surface area contributed by atoms with E-state index in [4.69, 9.17) is 0 Å². The third-order valence-electron chi connectivity index (χ3n) is 2.82. The topological polar surface area (TPSA) is 37.4 Å². The maximum Gasteiger partial charge on any atom is 0.216 e. The second-order valence-corrected chi connectivity index (χ2v) is 6.81. The zero-order chi connectivity index (χ0) is 10.9. The summed E-state index contributed by atoms with van der Waals surface area (Å²) in [5.41, 5.74) is 0. The minimum absolute atomic E-state index is 0.148. The molecule has 0 N–H and O–H groups in total. The van der Waals surface area contributed by atoms with Crippen LogP contribution in [0.2, 0.25) is 0 Å². The molecule has 0 aliphatic heterocycles. The van der Waals surface area contributed by atoms with Gasteiger partial charge in [0, 0.05) is 12.1 Å². The molecular formula is C10H21NO2S. The quantitative estimate of drug-likeness (QED) is 0.709. The minimum Gasteiger partial charge on any atom is -0.212 e. The van der Waals surface area contributed by atoms with Gasteiger partial charge >= 0.3 is 0 Å². The molecule has 0 spiro atoms. The number of hydrogen-bond acceptors (Lipinski definition) is 2. The van der Waals surface area contributed by atoms with E-state index in [9.17, 15) is 8.42 Å². The van der Waals surface area contributed by atoms with Gasteiger partial charge in [0.2, 0.25) is 10.0 Å². The summed E-state index contributed by atoms with van der Waals surface area (Å²) < 4.78 is 25.8. The summed E-state index contributed by atoms with van der Waals surface area (Å²) in [7, 11) is -3.05. The minimum atomic E-state index is -3.05. The van der Waals surface area contributed by atoms with Gasteiger partial charge in [-0.15, -0.1) is 0 Å². The summed E-state index contributed by atoms with van der Waals surface area (Å²) in [5, 5.41) is -0.294. The third kappa shape index (κ3) is 2.28. The molecule has 0 aromatic carbocycles. The fourth-order valence-electron chi connectivity index (χ4n) is 1.57. The van der Waals surface area contributed by atoms with Crippen LogP contribution in [0.1, 0.15) is 47.0 Å². The van der Waals surface area contributed by atoms with Gasteiger partial charge < -0.3 is 0 Å². The Morgan fingerprint density at radius 3 is 2.07 bits per heavy atom. The highest BCUT2D eigenvalue weighted by atomic mass is 32.2. The van der Waals surface area contributed by atoms with Gasteiger partial charge in [0.25, 0.3) is 0 Å². The standard InChI is InChI=1S/C10H21NO2S/c1-5-9(4)11(10-6-7-10)14(12,13)8(2)3/h8-10H,5-7H2,1-4H3/t9-/m1/s1. The highest BCUT2D eigenvalue weighted by molar-refractivity contribution is 7.89. The summed E-state index contributed by atoms with van der Waals surface area (Å²) in [6.07, 6.45) is 2.97. The van der Waals surface area contributed by atoms with Crippen molar-refractivity contribution in [3.8, 4) is 0 Å². The van der Waals surface area contributed by atoms with Crippen molar-refractivity contribution < 1.29 is 8.42 Å². The molecule has 0 bridgehead atoms. The van der Waals surface area contributed by atoms with Crippen LogP contribution in [0.15, 0.2) is 0 Å². The van der Waals surface area contributed by atoms with E-state index >= 15 is 0 Å². The summed E-state index contributed by atoms with van der Waals surface area (Å²) in [4.78, 5) is 0. The van der Waals surface area contributed by atoms with Crippen LogP contribution in [-0.4, -0.2) is 30.1 Å². The van der Waals surface area contributed by atoms with Crippen LogP contribution >= 0.6 is 0 Å². The van der Waals surface area contributed by atoms with Crippen LogP contribution in [0, 0.1) is 0 Å². The Hall–Kier alpha value is -0.0900. The monoisotopic (exact) mass is 219 g/mol. The summed E-state index contributed by atoms with van der Waals surface area (Å²) in [5.74, 6) is 0. The van der Waals surface area contributed by atoms with E-state index < -0.39 is 10.0 Å². The first-order valence-corrected chi connectivity index (χ1v) is 6.94. The number of hydrogen-bond donors (Lipinski definition) is 0. The lowest BCUT2D eigenvalue weighted by Crippen LogP contribution is -2.43. The fraction of sp³-hybridized carbons (Fsp3) is 1.00. The molecule has 14 heavy (non-hydrogen) atoms. The van der Waals surface area contributed by atoms with Crippen molar-refractivity contribution in [3.63, 3.8) is 0 Å². The van der Waals surface area contributed by atoms with E-state index in [1.54, 1.807) is 18.2 Å². The molecule has 84 valence electrons. The molecule has 0 aromatic heterocycles. The highest BCUT2D eigenvalue weighted by Gasteiger charge is 2.40. The van der Waals surface area contributed by atoms with Gasteiger partial charge in [-0.3, -0.25) is 0 Å². The van der Waals surface area contributed by atoms with Crippen molar-refractivity contribution in [2.75, 3.05) is 0 Å². The first-order valence-electron chi connectivity index (χ1n) is 5.43. The van der Waals surface area contributed by atoms with Crippen molar-refractivity contribution >= 4 is 10.0 Å². The van der Waals surface area contributed by atoms with Crippen LogP contribution in [0.4, 0.5) is 0 Å². The van der Waals surface area contributed by atoms with E-state index in [2.05, 4.69) is 0 Å². The Bertz CT molecular complexity index is 280. The largest absolute Gasteiger partial charge is 0.216 e. The van der Waals surface area contributed by atoms with Crippen LogP contribution in [0.25, 0.3) is 0 Å². The SMILES string of the molecule is CC[C@@H](C)N(C1CC1)S(=O)(=O)C(C)C. The fourth-order valence-corrected chi connectivity index (χ4v) is 3.33. The second-order valence-electron chi connectivity index (χ2n) is 4.41. The molecule has 0 unspecified atom stereocenters. The molecule has 3 nitrogen and oxygen atoms in total. The van der Waals surface area contributed by atoms with Crippen molar-refractivity contribution in [1.29, 1.82) is 0 Å². The van der Waals surface area contributed by atoms with Crippen molar-refractivity contribution in [2.45, 2.75) is 64.3 Å². The van der Waals surface area contributed by atoms with E-state index in [1.165, 1.54) is 0 Å². The van der Waals surface area contributed by atoms with Gasteiger partial charge in [-0.25, -0.2) is 8.42 Å². The van der Waals surface area contributed by atoms with Gasteiger partial charge in [0.05, 0.1) is 5.25 Å². The number of sulfonamides is 1. The summed E-state index contributed by atoms with van der Waals surface area (Å²) in [6, 6.07) is 0.437. The normalized spacial score (nSPS) is 20.4. The molecule has 0 aromatic rings. The predicted molar refractivity (Wildman–Crippen MR) is 58.7 cm³/mol.